The van der Waals surface area contributed by atoms with Gasteiger partial charge in [0, 0.05) is 11.7 Å². The Bertz CT molecular complexity index is 552. The summed E-state index contributed by atoms with van der Waals surface area (Å²) >= 11 is 0. The molecule has 0 unspecified atom stereocenters. The first kappa shape index (κ1) is 13.0. The number of rotatable bonds is 2. The van der Waals surface area contributed by atoms with Gasteiger partial charge in [-0.1, -0.05) is 12.1 Å². The molecule has 104 valence electrons. The maximum absolute atomic E-state index is 11.5. The number of sulfone groups is 1. The second-order valence-electron chi connectivity index (χ2n) is 5.72. The van der Waals surface area contributed by atoms with Crippen LogP contribution in [-0.2, 0) is 22.7 Å². The van der Waals surface area contributed by atoms with E-state index in [4.69, 9.17) is 0 Å². The van der Waals surface area contributed by atoms with E-state index in [2.05, 4.69) is 23.5 Å². The Morgan fingerprint density at radius 3 is 2.58 bits per heavy atom. The molecule has 1 aliphatic carbocycles. The average Bonchev–Trinajstić information content (AvgIpc) is 2.42. The Balaban J connectivity index is 1.74. The maximum atomic E-state index is 11.5. The Morgan fingerprint density at radius 1 is 1.05 bits per heavy atom. The highest BCUT2D eigenvalue weighted by molar-refractivity contribution is 7.91. The van der Waals surface area contributed by atoms with E-state index in [1.807, 2.05) is 0 Å². The number of benzene rings is 1. The number of fused-ring (bicyclic) bond motifs is 1. The molecule has 0 amide bonds. The molecule has 1 saturated heterocycles. The molecule has 1 aliphatic heterocycles. The summed E-state index contributed by atoms with van der Waals surface area (Å²) in [5.41, 5.74) is 4.17. The van der Waals surface area contributed by atoms with E-state index >= 15 is 0 Å². The highest BCUT2D eigenvalue weighted by atomic mass is 32.2. The molecule has 0 atom stereocenters. The van der Waals surface area contributed by atoms with Crippen LogP contribution in [0.5, 0.6) is 0 Å². The van der Waals surface area contributed by atoms with Crippen molar-refractivity contribution < 1.29 is 8.42 Å². The zero-order chi connectivity index (χ0) is 13.3. The van der Waals surface area contributed by atoms with E-state index in [1.54, 1.807) is 0 Å². The first-order valence-corrected chi connectivity index (χ1v) is 9.04. The summed E-state index contributed by atoms with van der Waals surface area (Å²) in [6.07, 6.45) is 6.38. The second-order valence-corrected chi connectivity index (χ2v) is 8.02. The van der Waals surface area contributed by atoms with Gasteiger partial charge in [0.1, 0.15) is 9.84 Å². The largest absolute Gasteiger partial charge is 0.382 e. The lowest BCUT2D eigenvalue weighted by molar-refractivity contribution is 0.559. The van der Waals surface area contributed by atoms with E-state index in [1.165, 1.54) is 36.1 Å². The Hall–Kier alpha value is -1.03. The third-order valence-corrected chi connectivity index (χ3v) is 6.03. The summed E-state index contributed by atoms with van der Waals surface area (Å²) < 4.78 is 22.9. The zero-order valence-corrected chi connectivity index (χ0v) is 12.0. The van der Waals surface area contributed by atoms with Gasteiger partial charge in [-0.2, -0.15) is 0 Å². The van der Waals surface area contributed by atoms with Crippen LogP contribution in [0.4, 0.5) is 5.69 Å². The van der Waals surface area contributed by atoms with Crippen molar-refractivity contribution in [2.24, 2.45) is 0 Å². The smallest absolute Gasteiger partial charge is 0.150 e. The molecule has 3 nitrogen and oxygen atoms in total. The Morgan fingerprint density at radius 2 is 1.79 bits per heavy atom. The van der Waals surface area contributed by atoms with Gasteiger partial charge < -0.3 is 5.32 Å². The molecule has 4 heteroatoms. The van der Waals surface area contributed by atoms with Crippen molar-refractivity contribution in [3.05, 3.63) is 29.3 Å². The van der Waals surface area contributed by atoms with Gasteiger partial charge in [0.15, 0.2) is 0 Å². The fourth-order valence-corrected chi connectivity index (χ4v) is 4.66. The van der Waals surface area contributed by atoms with E-state index in [9.17, 15) is 8.42 Å². The molecule has 0 spiro atoms. The number of hydrogen-bond donors (Lipinski definition) is 1. The second kappa shape index (κ2) is 5.16. The van der Waals surface area contributed by atoms with Crippen molar-refractivity contribution in [2.45, 2.75) is 44.6 Å². The highest BCUT2D eigenvalue weighted by Crippen LogP contribution is 2.29. The summed E-state index contributed by atoms with van der Waals surface area (Å²) in [5, 5.41) is 3.58. The predicted molar refractivity (Wildman–Crippen MR) is 78.4 cm³/mol. The van der Waals surface area contributed by atoms with Gasteiger partial charge in [-0.3, -0.25) is 0 Å². The molecular weight excluding hydrogens is 258 g/mol. The molecular formula is C15H21NO2S. The number of anilines is 1. The fraction of sp³-hybridized carbons (Fsp3) is 0.600. The van der Waals surface area contributed by atoms with Gasteiger partial charge in [-0.05, 0) is 55.7 Å². The van der Waals surface area contributed by atoms with Crippen LogP contribution in [0.3, 0.4) is 0 Å². The topological polar surface area (TPSA) is 46.2 Å². The van der Waals surface area contributed by atoms with Crippen LogP contribution in [0.2, 0.25) is 0 Å². The summed E-state index contributed by atoms with van der Waals surface area (Å²) in [7, 11) is -2.77. The molecule has 1 aromatic rings. The number of nitrogens with one attached hydrogen (secondary N) is 1. The van der Waals surface area contributed by atoms with Gasteiger partial charge in [0.05, 0.1) is 11.5 Å². The molecule has 19 heavy (non-hydrogen) atoms. The molecule has 1 heterocycles. The van der Waals surface area contributed by atoms with Gasteiger partial charge in [0.25, 0.3) is 0 Å². The molecule has 2 aliphatic rings. The predicted octanol–water partition coefficient (Wildman–Crippen LogP) is 2.55. The highest BCUT2D eigenvalue weighted by Gasteiger charge is 2.24. The van der Waals surface area contributed by atoms with Crippen molar-refractivity contribution in [3.63, 3.8) is 0 Å². The van der Waals surface area contributed by atoms with Crippen LogP contribution < -0.4 is 5.32 Å². The van der Waals surface area contributed by atoms with E-state index < -0.39 is 9.84 Å². The lowest BCUT2D eigenvalue weighted by Gasteiger charge is -2.27. The van der Waals surface area contributed by atoms with E-state index in [0.29, 0.717) is 17.5 Å². The van der Waals surface area contributed by atoms with Crippen LogP contribution in [0.1, 0.15) is 36.8 Å². The number of aryl methyl sites for hydroxylation is 1. The van der Waals surface area contributed by atoms with Gasteiger partial charge in [0.2, 0.25) is 0 Å². The first-order valence-electron chi connectivity index (χ1n) is 7.22. The molecule has 0 saturated carbocycles. The molecule has 1 aromatic carbocycles. The van der Waals surface area contributed by atoms with Crippen LogP contribution in [0, 0.1) is 0 Å². The maximum Gasteiger partial charge on any atom is 0.150 e. The number of hydrogen-bond acceptors (Lipinski definition) is 3. The summed E-state index contributed by atoms with van der Waals surface area (Å²) in [6, 6.07) is 6.81. The van der Waals surface area contributed by atoms with Gasteiger partial charge in [-0.25, -0.2) is 8.42 Å². The van der Waals surface area contributed by atoms with Crippen molar-refractivity contribution in [3.8, 4) is 0 Å². The third kappa shape index (κ3) is 2.94. The first-order chi connectivity index (χ1) is 9.14. The van der Waals surface area contributed by atoms with Crippen molar-refractivity contribution in [1.29, 1.82) is 0 Å². The molecule has 1 fully saturated rings. The van der Waals surface area contributed by atoms with Crippen LogP contribution in [-0.4, -0.2) is 26.0 Å². The molecule has 0 radical (unpaired) electrons. The minimum Gasteiger partial charge on any atom is -0.382 e. The van der Waals surface area contributed by atoms with Crippen LogP contribution >= 0.6 is 0 Å². The minimum absolute atomic E-state index is 0.317. The lowest BCUT2D eigenvalue weighted by Crippen LogP contribution is -2.32. The zero-order valence-electron chi connectivity index (χ0n) is 11.2. The van der Waals surface area contributed by atoms with Crippen molar-refractivity contribution in [2.75, 3.05) is 16.8 Å². The molecule has 3 rings (SSSR count). The lowest BCUT2D eigenvalue weighted by atomic mass is 9.90. The molecule has 0 aromatic heterocycles. The van der Waals surface area contributed by atoms with E-state index in [0.717, 1.165) is 19.3 Å². The van der Waals surface area contributed by atoms with Crippen LogP contribution in [0.25, 0.3) is 0 Å². The summed E-state index contributed by atoms with van der Waals surface area (Å²) in [5.74, 6) is 0.666. The molecule has 1 N–H and O–H groups in total. The molecule has 0 bridgehead atoms. The standard InChI is InChI=1S/C15H21NO2S/c17-19(18)10-8-13(9-11-19)16-15-7-3-5-12-4-1-2-6-14(12)15/h3,5,7,13,16H,1-2,4,6,8-11H2. The quantitative estimate of drug-likeness (QED) is 0.905. The SMILES string of the molecule is O=S1(=O)CCC(Nc2cccc3c2CCCC3)CC1. The monoisotopic (exact) mass is 279 g/mol. The Labute approximate surface area is 115 Å². The van der Waals surface area contributed by atoms with Crippen molar-refractivity contribution >= 4 is 15.5 Å². The van der Waals surface area contributed by atoms with E-state index in [-0.39, 0.29) is 0 Å². The summed E-state index contributed by atoms with van der Waals surface area (Å²) in [6.45, 7) is 0. The Kier molecular flexibility index (Phi) is 3.52. The van der Waals surface area contributed by atoms with Crippen molar-refractivity contribution in [1.82, 2.24) is 0 Å². The van der Waals surface area contributed by atoms with Crippen LogP contribution in [0.15, 0.2) is 18.2 Å². The van der Waals surface area contributed by atoms with Gasteiger partial charge in [-0.15, -0.1) is 0 Å². The normalized spacial score (nSPS) is 22.7. The fourth-order valence-electron chi connectivity index (χ4n) is 3.17. The summed E-state index contributed by atoms with van der Waals surface area (Å²) in [4.78, 5) is 0. The minimum atomic E-state index is -2.77. The third-order valence-electron chi connectivity index (χ3n) is 4.31. The van der Waals surface area contributed by atoms with Gasteiger partial charge >= 0.3 is 0 Å². The average molecular weight is 279 g/mol.